The molecule has 1 aliphatic rings. The van der Waals surface area contributed by atoms with Crippen LogP contribution in [0.15, 0.2) is 65.1 Å². The molecule has 4 rings (SSSR count). The summed E-state index contributed by atoms with van der Waals surface area (Å²) in [5.74, 6) is 0.836. The lowest BCUT2D eigenvalue weighted by molar-refractivity contribution is -0.115. The quantitative estimate of drug-likeness (QED) is 0.691. The second-order valence-electron chi connectivity index (χ2n) is 6.37. The molecule has 0 unspecified atom stereocenters. The maximum atomic E-state index is 13.1. The molecule has 28 heavy (non-hydrogen) atoms. The van der Waals surface area contributed by atoms with E-state index in [1.54, 1.807) is 58.5 Å². The van der Waals surface area contributed by atoms with Crippen LogP contribution in [0.5, 0.6) is 0 Å². The van der Waals surface area contributed by atoms with Gasteiger partial charge < -0.3 is 10.2 Å². The van der Waals surface area contributed by atoms with E-state index >= 15 is 0 Å². The highest BCUT2D eigenvalue weighted by Gasteiger charge is 2.23. The Balaban J connectivity index is 1.46. The van der Waals surface area contributed by atoms with Gasteiger partial charge in [0.05, 0.1) is 12.1 Å². The average Bonchev–Trinajstić information content (AvgIpc) is 3.12. The summed E-state index contributed by atoms with van der Waals surface area (Å²) in [6.07, 6.45) is 3.03. The largest absolute Gasteiger partial charge is 0.326 e. The molecular weight excluding hydrogens is 390 g/mol. The molecule has 0 saturated heterocycles. The highest BCUT2D eigenvalue weighted by molar-refractivity contribution is 7.99. The Morgan fingerprint density at radius 2 is 1.96 bits per heavy atom. The first-order chi connectivity index (χ1) is 13.7. The maximum Gasteiger partial charge on any atom is 0.258 e. The normalized spacial score (nSPS) is 13.5. The summed E-state index contributed by atoms with van der Waals surface area (Å²) >= 11 is 3.25. The zero-order chi connectivity index (χ0) is 19.3. The topological polar surface area (TPSA) is 62.3 Å². The fourth-order valence-corrected chi connectivity index (χ4v) is 4.68. The fourth-order valence-electron chi connectivity index (χ4n) is 3.05. The van der Waals surface area contributed by atoms with Gasteiger partial charge in [0.25, 0.3) is 5.91 Å². The van der Waals surface area contributed by atoms with Crippen LogP contribution >= 0.6 is 23.1 Å². The molecule has 3 heterocycles. The second kappa shape index (κ2) is 8.58. The number of nitrogens with one attached hydrogen (secondary N) is 1. The molecule has 2 aromatic heterocycles. The highest BCUT2D eigenvalue weighted by Crippen LogP contribution is 2.32. The number of hydrogen-bond acceptors (Lipinski definition) is 5. The Labute approximate surface area is 171 Å². The van der Waals surface area contributed by atoms with Crippen LogP contribution in [0.1, 0.15) is 21.7 Å². The molecule has 7 heteroatoms. The van der Waals surface area contributed by atoms with E-state index in [0.717, 1.165) is 27.8 Å². The number of rotatable bonds is 4. The number of carbonyl (C=O) groups is 2. The van der Waals surface area contributed by atoms with Crippen LogP contribution in [0.2, 0.25) is 0 Å². The van der Waals surface area contributed by atoms with Gasteiger partial charge in [-0.25, -0.2) is 4.98 Å². The number of benzene rings is 1. The van der Waals surface area contributed by atoms with Crippen LogP contribution in [-0.4, -0.2) is 29.1 Å². The standard InChI is InChI=1S/C21H19N3O2S2/c25-19(14-17-4-2-12-27-17)23-16-8-6-15(7-9-16)21(26)24-11-3-13-28-20-18(24)5-1-10-22-20/h1-2,4-10,12H,3,11,13-14H2,(H,23,25). The van der Waals surface area contributed by atoms with Crippen LogP contribution in [-0.2, 0) is 11.2 Å². The van der Waals surface area contributed by atoms with E-state index in [1.165, 1.54) is 0 Å². The number of amides is 2. The Morgan fingerprint density at radius 1 is 1.11 bits per heavy atom. The molecule has 0 spiro atoms. The molecule has 0 aliphatic carbocycles. The molecule has 0 radical (unpaired) electrons. The first kappa shape index (κ1) is 18.7. The van der Waals surface area contributed by atoms with E-state index in [-0.39, 0.29) is 11.8 Å². The van der Waals surface area contributed by atoms with Gasteiger partial charge >= 0.3 is 0 Å². The Bertz CT molecular complexity index is 972. The van der Waals surface area contributed by atoms with Gasteiger partial charge in [-0.05, 0) is 54.3 Å². The molecule has 0 saturated carbocycles. The minimum Gasteiger partial charge on any atom is -0.326 e. The van der Waals surface area contributed by atoms with Crippen LogP contribution in [0, 0.1) is 0 Å². The molecule has 1 aromatic carbocycles. The number of carbonyl (C=O) groups excluding carboxylic acids is 2. The van der Waals surface area contributed by atoms with E-state index in [1.807, 2.05) is 29.6 Å². The summed E-state index contributed by atoms with van der Waals surface area (Å²) in [5.41, 5.74) is 2.15. The average molecular weight is 410 g/mol. The summed E-state index contributed by atoms with van der Waals surface area (Å²) < 4.78 is 0. The van der Waals surface area contributed by atoms with Crippen molar-refractivity contribution in [2.75, 3.05) is 22.5 Å². The minimum absolute atomic E-state index is 0.0480. The van der Waals surface area contributed by atoms with E-state index in [2.05, 4.69) is 10.3 Å². The zero-order valence-corrected chi connectivity index (χ0v) is 16.8. The Morgan fingerprint density at radius 3 is 2.75 bits per heavy atom. The van der Waals surface area contributed by atoms with Gasteiger partial charge in [0.2, 0.25) is 5.91 Å². The van der Waals surface area contributed by atoms with Crippen molar-refractivity contribution in [1.29, 1.82) is 0 Å². The number of thiophene rings is 1. The lowest BCUT2D eigenvalue weighted by atomic mass is 10.1. The van der Waals surface area contributed by atoms with Crippen LogP contribution in [0.4, 0.5) is 11.4 Å². The SMILES string of the molecule is O=C(Cc1cccs1)Nc1ccc(C(=O)N2CCCSc3ncccc32)cc1. The number of hydrogen-bond donors (Lipinski definition) is 1. The first-order valence-electron chi connectivity index (χ1n) is 9.03. The summed E-state index contributed by atoms with van der Waals surface area (Å²) in [5, 5.41) is 5.73. The third-order valence-corrected chi connectivity index (χ3v) is 6.34. The lowest BCUT2D eigenvalue weighted by Crippen LogP contribution is -2.31. The van der Waals surface area contributed by atoms with Crippen molar-refractivity contribution in [2.24, 2.45) is 0 Å². The number of pyridine rings is 1. The second-order valence-corrected chi connectivity index (χ2v) is 8.48. The third-order valence-electron chi connectivity index (χ3n) is 4.38. The molecule has 0 atom stereocenters. The number of aromatic nitrogens is 1. The Kier molecular flexibility index (Phi) is 5.73. The van der Waals surface area contributed by atoms with Crippen molar-refractivity contribution in [3.63, 3.8) is 0 Å². The summed E-state index contributed by atoms with van der Waals surface area (Å²) in [6.45, 7) is 0.670. The number of nitrogens with zero attached hydrogens (tertiary/aromatic N) is 2. The van der Waals surface area contributed by atoms with Gasteiger partial charge in [0.15, 0.2) is 0 Å². The summed E-state index contributed by atoms with van der Waals surface area (Å²) in [7, 11) is 0. The van der Waals surface area contributed by atoms with Crippen molar-refractivity contribution < 1.29 is 9.59 Å². The van der Waals surface area contributed by atoms with Gasteiger partial charge in [0, 0.05) is 34.6 Å². The molecule has 1 aliphatic heterocycles. The molecular formula is C21H19N3O2S2. The summed E-state index contributed by atoms with van der Waals surface area (Å²) in [6, 6.07) is 14.7. The molecule has 3 aromatic rings. The number of thioether (sulfide) groups is 1. The van der Waals surface area contributed by atoms with Gasteiger partial charge in [-0.1, -0.05) is 6.07 Å². The molecule has 0 bridgehead atoms. The van der Waals surface area contributed by atoms with Crippen molar-refractivity contribution in [1.82, 2.24) is 4.98 Å². The number of fused-ring (bicyclic) bond motifs is 1. The van der Waals surface area contributed by atoms with Gasteiger partial charge in [-0.3, -0.25) is 9.59 Å². The third kappa shape index (κ3) is 4.26. The smallest absolute Gasteiger partial charge is 0.258 e. The Hall–Kier alpha value is -2.64. The van der Waals surface area contributed by atoms with Crippen LogP contribution in [0.25, 0.3) is 0 Å². The lowest BCUT2D eigenvalue weighted by Gasteiger charge is -2.22. The van der Waals surface area contributed by atoms with Crippen LogP contribution in [0.3, 0.4) is 0 Å². The van der Waals surface area contributed by atoms with E-state index in [0.29, 0.717) is 24.2 Å². The molecule has 0 fully saturated rings. The van der Waals surface area contributed by atoms with Gasteiger partial charge in [0.1, 0.15) is 5.03 Å². The van der Waals surface area contributed by atoms with Gasteiger partial charge in [-0.15, -0.1) is 23.1 Å². The van der Waals surface area contributed by atoms with Crippen molar-refractivity contribution in [3.8, 4) is 0 Å². The van der Waals surface area contributed by atoms with E-state index < -0.39 is 0 Å². The maximum absolute atomic E-state index is 13.1. The monoisotopic (exact) mass is 409 g/mol. The highest BCUT2D eigenvalue weighted by atomic mass is 32.2. The van der Waals surface area contributed by atoms with Crippen molar-refractivity contribution in [3.05, 3.63) is 70.5 Å². The minimum atomic E-state index is -0.0638. The molecule has 2 amide bonds. The summed E-state index contributed by atoms with van der Waals surface area (Å²) in [4.78, 5) is 32.4. The molecule has 5 nitrogen and oxygen atoms in total. The van der Waals surface area contributed by atoms with Gasteiger partial charge in [-0.2, -0.15) is 0 Å². The molecule has 1 N–H and O–H groups in total. The van der Waals surface area contributed by atoms with Crippen molar-refractivity contribution >= 4 is 46.3 Å². The van der Waals surface area contributed by atoms with Crippen molar-refractivity contribution in [2.45, 2.75) is 17.9 Å². The fraction of sp³-hybridized carbons (Fsp3) is 0.190. The first-order valence-corrected chi connectivity index (χ1v) is 10.9. The van der Waals surface area contributed by atoms with E-state index in [9.17, 15) is 9.59 Å². The van der Waals surface area contributed by atoms with Crippen LogP contribution < -0.4 is 10.2 Å². The predicted molar refractivity (Wildman–Crippen MR) is 114 cm³/mol. The molecule has 142 valence electrons. The number of anilines is 2. The zero-order valence-electron chi connectivity index (χ0n) is 15.1. The van der Waals surface area contributed by atoms with E-state index in [4.69, 9.17) is 0 Å². The predicted octanol–water partition coefficient (Wildman–Crippen LogP) is 4.47.